The van der Waals surface area contributed by atoms with Crippen LogP contribution in [-0.4, -0.2) is 39.6 Å². The molecule has 4 rings (SSSR count). The predicted molar refractivity (Wildman–Crippen MR) is 123 cm³/mol. The van der Waals surface area contributed by atoms with E-state index in [0.29, 0.717) is 4.47 Å². The van der Waals surface area contributed by atoms with Gasteiger partial charge in [0.25, 0.3) is 0 Å². The highest BCUT2D eigenvalue weighted by Crippen LogP contribution is 2.22. The first-order chi connectivity index (χ1) is 14.5. The van der Waals surface area contributed by atoms with E-state index in [1.165, 1.54) is 5.69 Å². The lowest BCUT2D eigenvalue weighted by Gasteiger charge is -2.37. The summed E-state index contributed by atoms with van der Waals surface area (Å²) in [5, 5.41) is 0. The molecule has 8 heteroatoms. The lowest BCUT2D eigenvalue weighted by Crippen LogP contribution is -2.46. The smallest absolute Gasteiger partial charge is 0.241 e. The van der Waals surface area contributed by atoms with Crippen molar-refractivity contribution in [2.75, 3.05) is 36.0 Å². The molecule has 2 heterocycles. The number of halogens is 1. The second-order valence-electron chi connectivity index (χ2n) is 7.10. The Labute approximate surface area is 185 Å². The normalized spacial score (nSPS) is 14.7. The summed E-state index contributed by atoms with van der Waals surface area (Å²) >= 11 is 3.30. The summed E-state index contributed by atoms with van der Waals surface area (Å²) in [6.45, 7) is 4.04. The molecule has 1 fully saturated rings. The number of anilines is 2. The summed E-state index contributed by atoms with van der Waals surface area (Å²) in [7, 11) is -3.57. The molecule has 1 aromatic heterocycles. The number of aromatic nitrogens is 1. The van der Waals surface area contributed by atoms with Gasteiger partial charge < -0.3 is 9.80 Å². The van der Waals surface area contributed by atoms with Crippen LogP contribution in [0.15, 0.2) is 82.4 Å². The van der Waals surface area contributed by atoms with E-state index in [0.717, 1.165) is 37.4 Å². The van der Waals surface area contributed by atoms with Crippen molar-refractivity contribution in [2.45, 2.75) is 11.4 Å². The van der Waals surface area contributed by atoms with Crippen LogP contribution < -0.4 is 14.5 Å². The van der Waals surface area contributed by atoms with Crippen LogP contribution in [0.2, 0.25) is 0 Å². The third-order valence-corrected chi connectivity index (χ3v) is 7.61. The van der Waals surface area contributed by atoms with Crippen molar-refractivity contribution in [3.05, 3.63) is 83.1 Å². The number of rotatable bonds is 6. The molecule has 1 aliphatic rings. The van der Waals surface area contributed by atoms with Gasteiger partial charge in [0.1, 0.15) is 0 Å². The van der Waals surface area contributed by atoms with E-state index < -0.39 is 10.0 Å². The first-order valence-electron chi connectivity index (χ1n) is 9.76. The number of nitrogens with one attached hydrogen (secondary N) is 1. The third kappa shape index (κ3) is 4.83. The van der Waals surface area contributed by atoms with E-state index in [1.54, 1.807) is 24.3 Å². The molecule has 3 aromatic rings. The van der Waals surface area contributed by atoms with Gasteiger partial charge in [0, 0.05) is 61.0 Å². The van der Waals surface area contributed by atoms with Crippen molar-refractivity contribution in [1.29, 1.82) is 0 Å². The number of hydrogen-bond acceptors (Lipinski definition) is 5. The molecule has 156 valence electrons. The molecule has 0 amide bonds. The topological polar surface area (TPSA) is 65.5 Å². The van der Waals surface area contributed by atoms with Crippen LogP contribution in [0.3, 0.4) is 0 Å². The fourth-order valence-electron chi connectivity index (χ4n) is 3.52. The minimum Gasteiger partial charge on any atom is -0.368 e. The minimum atomic E-state index is -3.57. The summed E-state index contributed by atoms with van der Waals surface area (Å²) in [6.07, 6.45) is 3.65. The average molecular weight is 487 g/mol. The highest BCUT2D eigenvalue weighted by Gasteiger charge is 2.18. The van der Waals surface area contributed by atoms with Gasteiger partial charge in [0.05, 0.1) is 4.90 Å². The van der Waals surface area contributed by atoms with Crippen molar-refractivity contribution in [3.63, 3.8) is 0 Å². The lowest BCUT2D eigenvalue weighted by molar-refractivity contribution is 0.581. The van der Waals surface area contributed by atoms with Gasteiger partial charge in [0.2, 0.25) is 10.0 Å². The molecule has 0 spiro atoms. The molecule has 0 unspecified atom stereocenters. The van der Waals surface area contributed by atoms with Crippen molar-refractivity contribution in [3.8, 4) is 0 Å². The van der Waals surface area contributed by atoms with Gasteiger partial charge in [-0.05, 0) is 57.9 Å². The van der Waals surface area contributed by atoms with Crippen LogP contribution in [0.4, 0.5) is 11.4 Å². The van der Waals surface area contributed by atoms with Gasteiger partial charge in [0.15, 0.2) is 0 Å². The van der Waals surface area contributed by atoms with Crippen molar-refractivity contribution < 1.29 is 8.42 Å². The van der Waals surface area contributed by atoms with Gasteiger partial charge in [-0.15, -0.1) is 0 Å². The molecule has 0 aliphatic carbocycles. The van der Waals surface area contributed by atoms with E-state index in [2.05, 4.69) is 47.6 Å². The van der Waals surface area contributed by atoms with Gasteiger partial charge in [-0.2, -0.15) is 0 Å². The number of nitrogens with zero attached hydrogens (tertiary/aromatic N) is 3. The molecule has 1 saturated heterocycles. The van der Waals surface area contributed by atoms with E-state index in [1.807, 2.05) is 36.7 Å². The Morgan fingerprint density at radius 1 is 0.833 bits per heavy atom. The van der Waals surface area contributed by atoms with E-state index in [9.17, 15) is 8.42 Å². The molecule has 0 atom stereocenters. The zero-order chi connectivity index (χ0) is 21.0. The molecule has 30 heavy (non-hydrogen) atoms. The molecule has 0 radical (unpaired) electrons. The quantitative estimate of drug-likeness (QED) is 0.575. The summed E-state index contributed by atoms with van der Waals surface area (Å²) in [4.78, 5) is 9.04. The van der Waals surface area contributed by atoms with E-state index in [4.69, 9.17) is 0 Å². The molecule has 6 nitrogen and oxygen atoms in total. The summed E-state index contributed by atoms with van der Waals surface area (Å²) in [5.41, 5.74) is 3.28. The highest BCUT2D eigenvalue weighted by atomic mass is 79.9. The van der Waals surface area contributed by atoms with Crippen molar-refractivity contribution in [2.24, 2.45) is 0 Å². The number of benzene rings is 2. The second-order valence-corrected chi connectivity index (χ2v) is 9.69. The third-order valence-electron chi connectivity index (χ3n) is 5.20. The summed E-state index contributed by atoms with van der Waals surface area (Å²) in [5.74, 6) is 0. The molecule has 1 aliphatic heterocycles. The highest BCUT2D eigenvalue weighted by molar-refractivity contribution is 9.10. The fraction of sp³-hybridized carbons (Fsp3) is 0.227. The predicted octanol–water partition coefficient (Wildman–Crippen LogP) is 3.65. The van der Waals surface area contributed by atoms with Gasteiger partial charge >= 0.3 is 0 Å². The summed E-state index contributed by atoms with van der Waals surface area (Å²) < 4.78 is 28.3. The van der Waals surface area contributed by atoms with Crippen LogP contribution in [0.5, 0.6) is 0 Å². The van der Waals surface area contributed by atoms with Crippen molar-refractivity contribution >= 4 is 37.3 Å². The van der Waals surface area contributed by atoms with Gasteiger partial charge in [-0.3, -0.25) is 4.98 Å². The monoisotopic (exact) mass is 486 g/mol. The molecular weight excluding hydrogens is 464 g/mol. The molecular formula is C22H23BrN4O2S. The average Bonchev–Trinajstić information content (AvgIpc) is 2.79. The maximum absolute atomic E-state index is 12.5. The SMILES string of the molecule is O=S(=O)(NCc1ccc(N2CCN(c3ccncc3)CC2)cc1)c1ccccc1Br. The zero-order valence-corrected chi connectivity index (χ0v) is 18.8. The first-order valence-corrected chi connectivity index (χ1v) is 12.0. The Kier molecular flexibility index (Phi) is 6.36. The molecule has 2 aromatic carbocycles. The van der Waals surface area contributed by atoms with Crippen LogP contribution in [0.25, 0.3) is 0 Å². The van der Waals surface area contributed by atoms with E-state index in [-0.39, 0.29) is 11.4 Å². The minimum absolute atomic E-state index is 0.244. The zero-order valence-electron chi connectivity index (χ0n) is 16.4. The molecule has 0 bridgehead atoms. The Hall–Kier alpha value is -2.42. The molecule has 1 N–H and O–H groups in total. The second kappa shape index (κ2) is 9.16. The Balaban J connectivity index is 1.34. The Morgan fingerprint density at radius 2 is 1.40 bits per heavy atom. The number of hydrogen-bond donors (Lipinski definition) is 1. The van der Waals surface area contributed by atoms with Crippen LogP contribution in [0.1, 0.15) is 5.56 Å². The van der Waals surface area contributed by atoms with Crippen LogP contribution in [0, 0.1) is 0 Å². The van der Waals surface area contributed by atoms with Crippen LogP contribution >= 0.6 is 15.9 Å². The summed E-state index contributed by atoms with van der Waals surface area (Å²) in [6, 6.07) is 19.0. The number of piperazine rings is 1. The van der Waals surface area contributed by atoms with Crippen LogP contribution in [-0.2, 0) is 16.6 Å². The Morgan fingerprint density at radius 3 is 2.00 bits per heavy atom. The maximum atomic E-state index is 12.5. The first kappa shape index (κ1) is 20.8. The largest absolute Gasteiger partial charge is 0.368 e. The van der Waals surface area contributed by atoms with Gasteiger partial charge in [-0.1, -0.05) is 24.3 Å². The number of pyridine rings is 1. The fourth-order valence-corrected chi connectivity index (χ4v) is 5.54. The number of sulfonamides is 1. The maximum Gasteiger partial charge on any atom is 0.241 e. The van der Waals surface area contributed by atoms with E-state index >= 15 is 0 Å². The lowest BCUT2D eigenvalue weighted by atomic mass is 10.1. The molecule has 0 saturated carbocycles. The Bertz CT molecular complexity index is 1080. The van der Waals surface area contributed by atoms with Gasteiger partial charge in [-0.25, -0.2) is 13.1 Å². The van der Waals surface area contributed by atoms with Crippen molar-refractivity contribution in [1.82, 2.24) is 9.71 Å². The standard InChI is InChI=1S/C22H23BrN4O2S/c23-21-3-1-2-4-22(21)30(28,29)25-17-18-5-7-19(8-6-18)26-13-15-27(16-14-26)20-9-11-24-12-10-20/h1-12,25H,13-17H2.